The minimum absolute atomic E-state index is 0.0580. The van der Waals surface area contributed by atoms with Crippen molar-refractivity contribution in [3.05, 3.63) is 64.4 Å². The highest BCUT2D eigenvalue weighted by atomic mass is 16.6. The van der Waals surface area contributed by atoms with Gasteiger partial charge in [0.25, 0.3) is 0 Å². The van der Waals surface area contributed by atoms with Gasteiger partial charge in [0, 0.05) is 76.7 Å². The van der Waals surface area contributed by atoms with E-state index in [9.17, 15) is 9.59 Å². The molecule has 0 saturated carbocycles. The van der Waals surface area contributed by atoms with Crippen LogP contribution in [0, 0.1) is 0 Å². The molecule has 0 bridgehead atoms. The number of nitrogen functional groups attached to an aromatic ring is 1. The fourth-order valence-corrected chi connectivity index (χ4v) is 7.99. The molecule has 2 saturated heterocycles. The minimum atomic E-state index is -0.534. The van der Waals surface area contributed by atoms with E-state index < -0.39 is 11.0 Å². The Labute approximate surface area is 266 Å². The molecule has 8 heteroatoms. The highest BCUT2D eigenvalue weighted by Crippen LogP contribution is 2.47. The van der Waals surface area contributed by atoms with Crippen LogP contribution in [0.3, 0.4) is 0 Å². The van der Waals surface area contributed by atoms with Gasteiger partial charge in [0.05, 0.1) is 5.56 Å². The summed E-state index contributed by atoms with van der Waals surface area (Å²) in [5, 5.41) is 0.919. The first kappa shape index (κ1) is 29.9. The Balaban J connectivity index is 1.28. The molecule has 238 valence electrons. The maximum absolute atomic E-state index is 14.4. The molecule has 2 aromatic carbocycles. The number of benzene rings is 2. The van der Waals surface area contributed by atoms with Gasteiger partial charge in [0.2, 0.25) is 0 Å². The summed E-state index contributed by atoms with van der Waals surface area (Å²) in [5.41, 5.74) is 13.8. The molecule has 0 spiro atoms. The Kier molecular flexibility index (Phi) is 7.27. The number of carbonyl (C=O) groups excluding carboxylic acids is 2. The van der Waals surface area contributed by atoms with Crippen LogP contribution >= 0.6 is 0 Å². The lowest BCUT2D eigenvalue weighted by molar-refractivity contribution is 0.0270. The zero-order valence-corrected chi connectivity index (χ0v) is 27.5. The molecular formula is C37H47N5O3. The Morgan fingerprint density at radius 1 is 1.00 bits per heavy atom. The molecule has 0 unspecified atom stereocenters. The molecule has 4 aliphatic rings. The number of piperidine rings is 1. The van der Waals surface area contributed by atoms with Crippen LogP contribution in [0.4, 0.5) is 16.2 Å². The van der Waals surface area contributed by atoms with Crippen LogP contribution in [0.15, 0.2) is 36.4 Å². The summed E-state index contributed by atoms with van der Waals surface area (Å²) in [6.07, 6.45) is 7.52. The first-order chi connectivity index (χ1) is 21.4. The lowest BCUT2D eigenvalue weighted by atomic mass is 9.70. The number of carbonyl (C=O) groups is 2. The highest BCUT2D eigenvalue weighted by molar-refractivity contribution is 6.20. The zero-order valence-electron chi connectivity index (χ0n) is 27.5. The summed E-state index contributed by atoms with van der Waals surface area (Å²) in [7, 11) is 0. The second kappa shape index (κ2) is 10.9. The number of amides is 1. The second-order valence-electron chi connectivity index (χ2n) is 14.9. The van der Waals surface area contributed by atoms with Gasteiger partial charge in [0.15, 0.2) is 5.78 Å². The van der Waals surface area contributed by atoms with E-state index in [1.807, 2.05) is 39.0 Å². The molecule has 7 rings (SSSR count). The van der Waals surface area contributed by atoms with Crippen LogP contribution in [0.5, 0.6) is 0 Å². The maximum Gasteiger partial charge on any atom is 0.410 e. The monoisotopic (exact) mass is 609 g/mol. The summed E-state index contributed by atoms with van der Waals surface area (Å²) in [5.74, 6) is 0.0580. The number of nitrogens with two attached hydrogens (primary N) is 1. The molecule has 3 aliphatic heterocycles. The number of likely N-dealkylation sites (tertiary alicyclic amines) is 1. The van der Waals surface area contributed by atoms with E-state index >= 15 is 0 Å². The molecule has 4 heterocycles. The number of hydrogen-bond acceptors (Lipinski definition) is 6. The van der Waals surface area contributed by atoms with E-state index in [1.54, 1.807) is 4.90 Å². The number of ether oxygens (including phenoxy) is 1. The number of anilines is 2. The molecular weight excluding hydrogens is 562 g/mol. The molecule has 1 amide bonds. The zero-order chi connectivity index (χ0) is 31.7. The van der Waals surface area contributed by atoms with Crippen molar-refractivity contribution in [2.75, 3.05) is 49.9 Å². The van der Waals surface area contributed by atoms with E-state index in [2.05, 4.69) is 46.8 Å². The summed E-state index contributed by atoms with van der Waals surface area (Å²) in [4.78, 5) is 37.8. The summed E-state index contributed by atoms with van der Waals surface area (Å²) in [6, 6.07) is 10.9. The molecule has 3 N–H and O–H groups in total. The van der Waals surface area contributed by atoms with Gasteiger partial charge in [-0.2, -0.15) is 0 Å². The third kappa shape index (κ3) is 5.31. The molecule has 1 aromatic heterocycles. The van der Waals surface area contributed by atoms with E-state index in [-0.39, 0.29) is 11.9 Å². The van der Waals surface area contributed by atoms with Crippen LogP contribution in [-0.2, 0) is 10.2 Å². The van der Waals surface area contributed by atoms with E-state index in [0.29, 0.717) is 31.2 Å². The molecule has 2 fully saturated rings. The number of aromatic nitrogens is 1. The van der Waals surface area contributed by atoms with E-state index in [1.165, 1.54) is 37.2 Å². The summed E-state index contributed by atoms with van der Waals surface area (Å²) in [6.45, 7) is 15.7. The quantitative estimate of drug-likeness (QED) is 0.321. The first-order valence-corrected chi connectivity index (χ1v) is 16.7. The van der Waals surface area contributed by atoms with Gasteiger partial charge in [-0.1, -0.05) is 26.0 Å². The van der Waals surface area contributed by atoms with Crippen molar-refractivity contribution in [1.29, 1.82) is 0 Å². The largest absolute Gasteiger partial charge is 0.444 e. The number of nitrogens with zero attached hydrogens (tertiary/aromatic N) is 3. The number of nitrogens with one attached hydrogen (secondary N) is 1. The average Bonchev–Trinajstić information content (AvgIpc) is 3.68. The maximum atomic E-state index is 14.4. The number of fused-ring (bicyclic) bond motifs is 4. The number of H-pyrrole nitrogens is 1. The van der Waals surface area contributed by atoms with Gasteiger partial charge < -0.3 is 30.2 Å². The Hall–Kier alpha value is -3.78. The second-order valence-corrected chi connectivity index (χ2v) is 14.9. The normalized spacial score (nSPS) is 20.7. The SMILES string of the molecule is CC(C)(C)OC(=O)N1CC=C(c2cc3c(cc2N2CCC(N4CCCC4)CC2)C(C)(C)c2[nH]c4cc(N)ccc4c2C3=O)CC1. The average molecular weight is 610 g/mol. The summed E-state index contributed by atoms with van der Waals surface area (Å²) >= 11 is 0. The first-order valence-electron chi connectivity index (χ1n) is 16.7. The van der Waals surface area contributed by atoms with Crippen molar-refractivity contribution in [1.82, 2.24) is 14.8 Å². The van der Waals surface area contributed by atoms with Crippen LogP contribution in [-0.4, -0.2) is 77.6 Å². The van der Waals surface area contributed by atoms with Crippen LogP contribution in [0.1, 0.15) is 99.5 Å². The van der Waals surface area contributed by atoms with Crippen molar-refractivity contribution in [3.63, 3.8) is 0 Å². The van der Waals surface area contributed by atoms with Crippen molar-refractivity contribution in [2.45, 2.75) is 83.8 Å². The fourth-order valence-electron chi connectivity index (χ4n) is 7.99. The number of ketones is 1. The van der Waals surface area contributed by atoms with Crippen molar-refractivity contribution in [3.8, 4) is 0 Å². The topological polar surface area (TPSA) is 94.9 Å². The number of hydrogen-bond donors (Lipinski definition) is 2. The van der Waals surface area contributed by atoms with Gasteiger partial charge in [-0.15, -0.1) is 0 Å². The van der Waals surface area contributed by atoms with Crippen molar-refractivity contribution >= 4 is 39.7 Å². The Bertz CT molecular complexity index is 1700. The van der Waals surface area contributed by atoms with Crippen LogP contribution in [0.2, 0.25) is 0 Å². The van der Waals surface area contributed by atoms with Crippen molar-refractivity contribution in [2.24, 2.45) is 0 Å². The lowest BCUT2D eigenvalue weighted by Crippen LogP contribution is -2.44. The summed E-state index contributed by atoms with van der Waals surface area (Å²) < 4.78 is 5.66. The van der Waals surface area contributed by atoms with Crippen molar-refractivity contribution < 1.29 is 14.3 Å². The molecule has 45 heavy (non-hydrogen) atoms. The molecule has 8 nitrogen and oxygen atoms in total. The predicted molar refractivity (Wildman–Crippen MR) is 181 cm³/mol. The molecule has 1 aliphatic carbocycles. The van der Waals surface area contributed by atoms with Crippen LogP contribution < -0.4 is 10.6 Å². The van der Waals surface area contributed by atoms with Gasteiger partial charge in [-0.3, -0.25) is 4.79 Å². The Morgan fingerprint density at radius 2 is 1.73 bits per heavy atom. The molecule has 3 aromatic rings. The van der Waals surface area contributed by atoms with E-state index in [0.717, 1.165) is 64.8 Å². The number of rotatable bonds is 3. The molecule has 0 radical (unpaired) electrons. The third-order valence-electron chi connectivity index (χ3n) is 10.4. The minimum Gasteiger partial charge on any atom is -0.444 e. The molecule has 0 atom stereocenters. The van der Waals surface area contributed by atoms with Gasteiger partial charge in [-0.25, -0.2) is 4.79 Å². The highest BCUT2D eigenvalue weighted by Gasteiger charge is 2.41. The fraction of sp³-hybridized carbons (Fsp3) is 0.514. The van der Waals surface area contributed by atoms with Gasteiger partial charge in [-0.05, 0) is 101 Å². The van der Waals surface area contributed by atoms with Gasteiger partial charge >= 0.3 is 6.09 Å². The standard InChI is InChI=1S/C37H47N5O3/c1-36(2,3)45-35(44)42-16-10-23(11-17-42)27-21-28-29(22-31(27)41-18-12-25(13-19-41)40-14-6-7-15-40)37(4,5)34-32(33(28)43)26-9-8-24(38)20-30(26)39-34/h8-10,20-22,25,39H,6-7,11-19,38H2,1-5H3. The van der Waals surface area contributed by atoms with Crippen LogP contribution in [0.25, 0.3) is 16.5 Å². The Morgan fingerprint density at radius 3 is 2.40 bits per heavy atom. The van der Waals surface area contributed by atoms with Gasteiger partial charge in [0.1, 0.15) is 5.60 Å². The lowest BCUT2D eigenvalue weighted by Gasteiger charge is -2.40. The predicted octanol–water partition coefficient (Wildman–Crippen LogP) is 6.71. The van der Waals surface area contributed by atoms with E-state index in [4.69, 9.17) is 10.5 Å². The smallest absolute Gasteiger partial charge is 0.410 e. The number of aromatic amines is 1. The third-order valence-corrected chi connectivity index (χ3v) is 10.4.